The summed E-state index contributed by atoms with van der Waals surface area (Å²) in [5.74, 6) is 0. The van der Waals surface area contributed by atoms with Crippen molar-refractivity contribution in [2.75, 3.05) is 0 Å². The molecule has 0 aromatic heterocycles. The van der Waals surface area contributed by atoms with Crippen molar-refractivity contribution in [3.8, 4) is 0 Å². The van der Waals surface area contributed by atoms with Crippen molar-refractivity contribution < 1.29 is 4.48 Å². The molecule has 3 heteroatoms. The van der Waals surface area contributed by atoms with Crippen molar-refractivity contribution in [1.82, 2.24) is 0 Å². The second kappa shape index (κ2) is 5.61. The van der Waals surface area contributed by atoms with E-state index in [9.17, 15) is 0 Å². The lowest BCUT2D eigenvalue weighted by Crippen LogP contribution is -2.38. The molecule has 0 bridgehead atoms. The van der Waals surface area contributed by atoms with Gasteiger partial charge in [-0.1, -0.05) is 60.1 Å². The number of hydrogen-bond acceptors (Lipinski definition) is 1. The van der Waals surface area contributed by atoms with Crippen LogP contribution in [0.2, 0.25) is 5.02 Å². The van der Waals surface area contributed by atoms with Gasteiger partial charge in [0.25, 0.3) is 0 Å². The molecular weight excluding hydrogens is 268 g/mol. The first kappa shape index (κ1) is 13.1. The number of aliphatic imine (C=N–C) groups is 1. The summed E-state index contributed by atoms with van der Waals surface area (Å²) < 4.78 is 0.674. The number of quaternary nitrogens is 1. The lowest BCUT2D eigenvalue weighted by molar-refractivity contribution is -0.808. The Kier molecular flexibility index (Phi) is 3.68. The van der Waals surface area contributed by atoms with Gasteiger partial charge < -0.3 is 0 Å². The van der Waals surface area contributed by atoms with Gasteiger partial charge in [-0.15, -0.1) is 0 Å². The fraction of sp³-hybridized carbons (Fsp3) is 0.118. The summed E-state index contributed by atoms with van der Waals surface area (Å²) in [7, 11) is 0. The molecule has 0 fully saturated rings. The molecule has 1 aliphatic heterocycles. The van der Waals surface area contributed by atoms with Crippen LogP contribution < -0.4 is 0 Å². The Morgan fingerprint density at radius 3 is 2.35 bits per heavy atom. The third-order valence-corrected chi connectivity index (χ3v) is 3.86. The van der Waals surface area contributed by atoms with Crippen LogP contribution in [0, 0.1) is 0 Å². The average molecular weight is 284 g/mol. The zero-order valence-corrected chi connectivity index (χ0v) is 11.9. The molecule has 0 spiro atoms. The van der Waals surface area contributed by atoms with Gasteiger partial charge in [-0.2, -0.15) is 0 Å². The summed E-state index contributed by atoms with van der Waals surface area (Å²) in [6.45, 7) is 1.70. The van der Waals surface area contributed by atoms with Crippen LogP contribution in [0.1, 0.15) is 11.1 Å². The van der Waals surface area contributed by atoms with Crippen molar-refractivity contribution in [2.45, 2.75) is 13.1 Å². The van der Waals surface area contributed by atoms with E-state index in [1.807, 2.05) is 36.8 Å². The highest BCUT2D eigenvalue weighted by atomic mass is 35.5. The molecule has 0 aliphatic carbocycles. The van der Waals surface area contributed by atoms with Crippen molar-refractivity contribution in [3.05, 3.63) is 83.1 Å². The summed E-state index contributed by atoms with van der Waals surface area (Å²) in [6, 6.07) is 18.5. The topological polar surface area (TPSA) is 12.4 Å². The van der Waals surface area contributed by atoms with E-state index in [1.165, 1.54) is 5.56 Å². The van der Waals surface area contributed by atoms with Crippen LogP contribution in [0.15, 0.2) is 72.0 Å². The normalized spacial score (nSPS) is 20.4. The molecule has 2 nitrogen and oxygen atoms in total. The van der Waals surface area contributed by atoms with E-state index in [4.69, 9.17) is 11.6 Å². The second-order valence-corrected chi connectivity index (χ2v) is 5.47. The molecule has 2 aromatic carbocycles. The van der Waals surface area contributed by atoms with Crippen LogP contribution in [0.5, 0.6) is 0 Å². The van der Waals surface area contributed by atoms with E-state index < -0.39 is 0 Å². The highest BCUT2D eigenvalue weighted by Gasteiger charge is 2.27. The summed E-state index contributed by atoms with van der Waals surface area (Å²) in [6.07, 6.45) is 5.96. The maximum Gasteiger partial charge on any atom is 0.195 e. The Labute approximate surface area is 124 Å². The molecule has 1 unspecified atom stereocenters. The predicted octanol–water partition coefficient (Wildman–Crippen LogP) is 4.37. The smallest absolute Gasteiger partial charge is 0.195 e. The van der Waals surface area contributed by atoms with Crippen molar-refractivity contribution in [2.24, 2.45) is 4.99 Å². The zero-order valence-electron chi connectivity index (χ0n) is 11.1. The second-order valence-electron chi connectivity index (χ2n) is 5.06. The van der Waals surface area contributed by atoms with Gasteiger partial charge in [-0.05, 0) is 6.07 Å². The molecule has 100 valence electrons. The lowest BCUT2D eigenvalue weighted by atomic mass is 10.1. The molecule has 0 saturated heterocycles. The van der Waals surface area contributed by atoms with Gasteiger partial charge in [0, 0.05) is 16.1 Å². The number of benzene rings is 2. The largest absolute Gasteiger partial charge is 0.246 e. The number of halogens is 1. The van der Waals surface area contributed by atoms with Crippen molar-refractivity contribution in [3.63, 3.8) is 0 Å². The summed E-state index contributed by atoms with van der Waals surface area (Å²) in [4.78, 5) is 4.28. The molecule has 1 heterocycles. The number of hydrogen-bond donors (Lipinski definition) is 0. The minimum atomic E-state index is 0.674. The van der Waals surface area contributed by atoms with Crippen molar-refractivity contribution in [1.29, 1.82) is 0 Å². The molecule has 20 heavy (non-hydrogen) atoms. The van der Waals surface area contributed by atoms with Crippen LogP contribution >= 0.6 is 11.6 Å². The number of rotatable bonds is 4. The van der Waals surface area contributed by atoms with E-state index in [0.717, 1.165) is 23.7 Å². The molecule has 1 atom stereocenters. The first-order chi connectivity index (χ1) is 9.77. The van der Waals surface area contributed by atoms with E-state index in [0.29, 0.717) is 4.48 Å². The Hall–Kier alpha value is -1.90. The maximum atomic E-state index is 6.29. The Morgan fingerprint density at radius 2 is 1.65 bits per heavy atom. The minimum absolute atomic E-state index is 0.674. The fourth-order valence-electron chi connectivity index (χ4n) is 2.49. The van der Waals surface area contributed by atoms with Crippen LogP contribution in [0.25, 0.3) is 0 Å². The molecule has 0 N–H and O–H groups in total. The third kappa shape index (κ3) is 2.82. The molecule has 0 saturated carbocycles. The molecule has 1 aliphatic rings. The molecule has 2 aromatic rings. The van der Waals surface area contributed by atoms with Gasteiger partial charge in [0.2, 0.25) is 0 Å². The van der Waals surface area contributed by atoms with Gasteiger partial charge in [0.05, 0.1) is 6.20 Å². The Morgan fingerprint density at radius 1 is 0.900 bits per heavy atom. The van der Waals surface area contributed by atoms with Crippen LogP contribution in [-0.4, -0.2) is 10.8 Å². The minimum Gasteiger partial charge on any atom is -0.246 e. The first-order valence-electron chi connectivity index (χ1n) is 6.63. The van der Waals surface area contributed by atoms with Gasteiger partial charge in [0.15, 0.2) is 6.34 Å². The first-order valence-corrected chi connectivity index (χ1v) is 7.01. The standard InChI is InChI=1S/C17H16ClN2/c18-17-9-5-4-8-16(17)13-20(11-10-19-14-20)12-15-6-2-1-3-7-15/h1-11,14H,12-13H2/q+1. The highest BCUT2D eigenvalue weighted by molar-refractivity contribution is 6.31. The monoisotopic (exact) mass is 283 g/mol. The SMILES string of the molecule is Clc1ccccc1C[N+]1(Cc2ccccc2)C=CN=C1. The fourth-order valence-corrected chi connectivity index (χ4v) is 2.69. The average Bonchev–Trinajstić information content (AvgIpc) is 2.91. The molecular formula is C17H16ClN2+. The quantitative estimate of drug-likeness (QED) is 0.739. The number of nitrogens with zero attached hydrogens (tertiary/aromatic N) is 2. The summed E-state index contributed by atoms with van der Waals surface area (Å²) in [5.41, 5.74) is 2.43. The summed E-state index contributed by atoms with van der Waals surface area (Å²) >= 11 is 6.29. The third-order valence-electron chi connectivity index (χ3n) is 3.49. The van der Waals surface area contributed by atoms with Crippen LogP contribution in [-0.2, 0) is 13.1 Å². The van der Waals surface area contributed by atoms with Gasteiger partial charge in [0.1, 0.15) is 19.3 Å². The molecule has 3 rings (SSSR count). The zero-order chi connectivity index (χ0) is 13.8. The van der Waals surface area contributed by atoms with Crippen molar-refractivity contribution >= 4 is 17.9 Å². The summed E-state index contributed by atoms with van der Waals surface area (Å²) in [5, 5.41) is 0.812. The van der Waals surface area contributed by atoms with E-state index in [2.05, 4.69) is 41.5 Å². The highest BCUT2D eigenvalue weighted by Crippen LogP contribution is 2.25. The van der Waals surface area contributed by atoms with E-state index in [-0.39, 0.29) is 0 Å². The molecule has 0 amide bonds. The molecule has 0 radical (unpaired) electrons. The lowest BCUT2D eigenvalue weighted by Gasteiger charge is -2.28. The Balaban J connectivity index is 1.88. The van der Waals surface area contributed by atoms with Gasteiger partial charge in [-0.25, -0.2) is 9.48 Å². The van der Waals surface area contributed by atoms with Gasteiger partial charge in [-0.3, -0.25) is 0 Å². The van der Waals surface area contributed by atoms with Crippen LogP contribution in [0.3, 0.4) is 0 Å². The van der Waals surface area contributed by atoms with Gasteiger partial charge >= 0.3 is 0 Å². The predicted molar refractivity (Wildman–Crippen MR) is 83.2 cm³/mol. The Bertz CT molecular complexity index is 635. The van der Waals surface area contributed by atoms with E-state index in [1.54, 1.807) is 0 Å². The van der Waals surface area contributed by atoms with Crippen LogP contribution in [0.4, 0.5) is 0 Å². The van der Waals surface area contributed by atoms with E-state index >= 15 is 0 Å². The maximum absolute atomic E-state index is 6.29.